The fourth-order valence-corrected chi connectivity index (χ4v) is 2.55. The molecule has 0 saturated heterocycles. The zero-order valence-electron chi connectivity index (χ0n) is 7.01. The Morgan fingerprint density at radius 1 is 1.23 bits per heavy atom. The molecule has 0 aromatic carbocycles. The van der Waals surface area contributed by atoms with Crippen LogP contribution >= 0.6 is 0 Å². The highest BCUT2D eigenvalue weighted by molar-refractivity contribution is 5.85. The first kappa shape index (κ1) is 8.29. The summed E-state index contributed by atoms with van der Waals surface area (Å²) >= 11 is 0. The van der Waals surface area contributed by atoms with Crippen LogP contribution in [0.1, 0.15) is 6.42 Å². The molecule has 0 spiro atoms. The highest BCUT2D eigenvalue weighted by Gasteiger charge is 2.50. The molecular weight excluding hydrogens is 170 g/mol. The van der Waals surface area contributed by atoms with Gasteiger partial charge in [0.25, 0.3) is 0 Å². The van der Waals surface area contributed by atoms with E-state index in [1.807, 2.05) is 12.2 Å². The molecule has 2 rings (SSSR count). The largest absolute Gasteiger partial charge is 0.481 e. The summed E-state index contributed by atoms with van der Waals surface area (Å²) < 4.78 is 0. The second kappa shape index (κ2) is 2.58. The zero-order valence-corrected chi connectivity index (χ0v) is 7.01. The van der Waals surface area contributed by atoms with Crippen LogP contribution in [0.4, 0.5) is 0 Å². The maximum absolute atomic E-state index is 11.0. The van der Waals surface area contributed by atoms with Gasteiger partial charge >= 0.3 is 5.97 Å². The molecule has 1 saturated carbocycles. The lowest BCUT2D eigenvalue weighted by atomic mass is 9.83. The number of primary amides is 1. The lowest BCUT2D eigenvalue weighted by Gasteiger charge is -2.21. The van der Waals surface area contributed by atoms with Crippen molar-refractivity contribution in [1.29, 1.82) is 0 Å². The quantitative estimate of drug-likeness (QED) is 0.588. The minimum Gasteiger partial charge on any atom is -0.481 e. The fourth-order valence-electron chi connectivity index (χ4n) is 2.55. The van der Waals surface area contributed by atoms with Crippen LogP contribution in [0.15, 0.2) is 12.2 Å². The van der Waals surface area contributed by atoms with Crippen molar-refractivity contribution in [2.45, 2.75) is 6.42 Å². The highest BCUT2D eigenvalue weighted by Crippen LogP contribution is 2.47. The van der Waals surface area contributed by atoms with Gasteiger partial charge in [0, 0.05) is 0 Å². The first-order chi connectivity index (χ1) is 6.11. The van der Waals surface area contributed by atoms with Crippen molar-refractivity contribution in [1.82, 2.24) is 0 Å². The molecule has 0 heterocycles. The van der Waals surface area contributed by atoms with E-state index in [1.165, 1.54) is 0 Å². The van der Waals surface area contributed by atoms with Crippen molar-refractivity contribution in [2.75, 3.05) is 0 Å². The number of carbonyl (C=O) groups is 2. The number of nitrogens with two attached hydrogens (primary N) is 1. The summed E-state index contributed by atoms with van der Waals surface area (Å²) in [6.07, 6.45) is 4.58. The molecular formula is C9H11NO3. The monoisotopic (exact) mass is 181 g/mol. The zero-order chi connectivity index (χ0) is 9.59. The Balaban J connectivity index is 2.30. The first-order valence-corrected chi connectivity index (χ1v) is 4.31. The predicted molar refractivity (Wildman–Crippen MR) is 44.5 cm³/mol. The van der Waals surface area contributed by atoms with Crippen LogP contribution in [0.5, 0.6) is 0 Å². The molecule has 0 aromatic heterocycles. The maximum atomic E-state index is 11.0. The third-order valence-corrected chi connectivity index (χ3v) is 3.07. The summed E-state index contributed by atoms with van der Waals surface area (Å²) in [5.41, 5.74) is 5.18. The number of rotatable bonds is 2. The summed E-state index contributed by atoms with van der Waals surface area (Å²) in [5, 5.41) is 8.91. The number of carbonyl (C=O) groups excluding carboxylic acids is 1. The third kappa shape index (κ3) is 1.05. The number of allylic oxidation sites excluding steroid dienone is 2. The van der Waals surface area contributed by atoms with Crippen LogP contribution in [-0.4, -0.2) is 17.0 Å². The molecule has 70 valence electrons. The van der Waals surface area contributed by atoms with Crippen LogP contribution in [0, 0.1) is 23.7 Å². The van der Waals surface area contributed by atoms with Gasteiger partial charge in [-0.05, 0) is 18.3 Å². The van der Waals surface area contributed by atoms with E-state index in [1.54, 1.807) is 0 Å². The maximum Gasteiger partial charge on any atom is 0.307 e. The molecule has 0 aliphatic heterocycles. The van der Waals surface area contributed by atoms with E-state index in [0.717, 1.165) is 6.42 Å². The first-order valence-electron chi connectivity index (χ1n) is 4.31. The molecule has 4 nitrogen and oxygen atoms in total. The number of hydrogen-bond acceptors (Lipinski definition) is 2. The van der Waals surface area contributed by atoms with Crippen LogP contribution in [-0.2, 0) is 9.59 Å². The Bertz CT molecular complexity index is 269. The number of hydrogen-bond donors (Lipinski definition) is 2. The Morgan fingerprint density at radius 2 is 1.77 bits per heavy atom. The van der Waals surface area contributed by atoms with Crippen molar-refractivity contribution in [3.05, 3.63) is 12.2 Å². The third-order valence-electron chi connectivity index (χ3n) is 3.07. The van der Waals surface area contributed by atoms with Crippen molar-refractivity contribution in [2.24, 2.45) is 29.4 Å². The van der Waals surface area contributed by atoms with Gasteiger partial charge in [-0.1, -0.05) is 12.2 Å². The molecule has 0 radical (unpaired) electrons. The van der Waals surface area contributed by atoms with Gasteiger partial charge in [-0.25, -0.2) is 0 Å². The molecule has 0 aromatic rings. The predicted octanol–water partition coefficient (Wildman–Crippen LogP) is -0.00540. The van der Waals surface area contributed by atoms with Gasteiger partial charge in [-0.15, -0.1) is 0 Å². The Hall–Kier alpha value is -1.32. The number of fused-ring (bicyclic) bond motifs is 2. The minimum absolute atomic E-state index is 0.0139. The lowest BCUT2D eigenvalue weighted by Crippen LogP contribution is -2.36. The lowest BCUT2D eigenvalue weighted by molar-refractivity contribution is -0.147. The van der Waals surface area contributed by atoms with E-state index in [9.17, 15) is 9.59 Å². The van der Waals surface area contributed by atoms with Gasteiger partial charge in [0.05, 0.1) is 11.8 Å². The second-order valence-electron chi connectivity index (χ2n) is 3.74. The SMILES string of the molecule is NC(=O)[C@H]1[C@@H](C(=O)O)[C@@H]2C=C[C@@H]1C2. The number of aliphatic carboxylic acids is 1. The fraction of sp³-hybridized carbons (Fsp3) is 0.556. The van der Waals surface area contributed by atoms with E-state index in [-0.39, 0.29) is 11.8 Å². The van der Waals surface area contributed by atoms with Gasteiger partial charge in [0.15, 0.2) is 0 Å². The van der Waals surface area contributed by atoms with Gasteiger partial charge in [-0.2, -0.15) is 0 Å². The van der Waals surface area contributed by atoms with Crippen molar-refractivity contribution in [3.63, 3.8) is 0 Å². The molecule has 2 aliphatic carbocycles. The molecule has 0 unspecified atom stereocenters. The molecule has 2 aliphatic rings. The molecule has 1 fully saturated rings. The number of amides is 1. The van der Waals surface area contributed by atoms with Gasteiger partial charge < -0.3 is 10.8 Å². The van der Waals surface area contributed by atoms with E-state index < -0.39 is 23.7 Å². The molecule has 4 heteroatoms. The smallest absolute Gasteiger partial charge is 0.307 e. The highest BCUT2D eigenvalue weighted by atomic mass is 16.4. The Kier molecular flexibility index (Phi) is 1.65. The standard InChI is InChI=1S/C9H11NO3/c10-8(11)6-4-1-2-5(3-4)7(6)9(12)13/h1-2,4-7H,3H2,(H2,10,11)(H,12,13)/t4-,5-,6-,7+/m1/s1. The van der Waals surface area contributed by atoms with Crippen LogP contribution in [0.3, 0.4) is 0 Å². The molecule has 2 bridgehead atoms. The topological polar surface area (TPSA) is 80.4 Å². The second-order valence-corrected chi connectivity index (χ2v) is 3.74. The Labute approximate surface area is 75.4 Å². The van der Waals surface area contributed by atoms with Gasteiger partial charge in [0.2, 0.25) is 5.91 Å². The summed E-state index contributed by atoms with van der Waals surface area (Å²) in [7, 11) is 0. The average molecular weight is 181 g/mol. The van der Waals surface area contributed by atoms with Crippen molar-refractivity contribution >= 4 is 11.9 Å². The van der Waals surface area contributed by atoms with Gasteiger partial charge in [-0.3, -0.25) is 9.59 Å². The number of carboxylic acids is 1. The Morgan fingerprint density at radius 3 is 2.15 bits per heavy atom. The van der Waals surface area contributed by atoms with E-state index in [0.29, 0.717) is 0 Å². The van der Waals surface area contributed by atoms with E-state index in [2.05, 4.69) is 0 Å². The van der Waals surface area contributed by atoms with Gasteiger partial charge in [0.1, 0.15) is 0 Å². The average Bonchev–Trinajstić information content (AvgIpc) is 2.60. The molecule has 1 amide bonds. The normalized spacial score (nSPS) is 40.9. The minimum atomic E-state index is -0.902. The molecule has 13 heavy (non-hydrogen) atoms. The van der Waals surface area contributed by atoms with E-state index in [4.69, 9.17) is 10.8 Å². The molecule has 3 N–H and O–H groups in total. The summed E-state index contributed by atoms with van der Waals surface area (Å²) in [4.78, 5) is 21.9. The van der Waals surface area contributed by atoms with Crippen molar-refractivity contribution in [3.8, 4) is 0 Å². The summed E-state index contributed by atoms with van der Waals surface area (Å²) in [6.45, 7) is 0. The molecule has 4 atom stereocenters. The van der Waals surface area contributed by atoms with Crippen LogP contribution in [0.2, 0.25) is 0 Å². The van der Waals surface area contributed by atoms with Crippen LogP contribution < -0.4 is 5.73 Å². The summed E-state index contributed by atoms with van der Waals surface area (Å²) in [6, 6.07) is 0. The van der Waals surface area contributed by atoms with E-state index >= 15 is 0 Å². The number of carboxylic acid groups (broad SMARTS) is 1. The summed E-state index contributed by atoms with van der Waals surface area (Å²) in [5.74, 6) is -2.39. The van der Waals surface area contributed by atoms with Crippen molar-refractivity contribution < 1.29 is 14.7 Å². The van der Waals surface area contributed by atoms with Crippen LogP contribution in [0.25, 0.3) is 0 Å².